The number of nitriles is 1. The number of nitrogens with one attached hydrogen (secondary N) is 2. The van der Waals surface area contributed by atoms with Gasteiger partial charge in [0.2, 0.25) is 0 Å². The molecule has 0 aromatic carbocycles. The van der Waals surface area contributed by atoms with Gasteiger partial charge in [-0.15, -0.1) is 0 Å². The van der Waals surface area contributed by atoms with Crippen molar-refractivity contribution in [3.63, 3.8) is 0 Å². The minimum absolute atomic E-state index is 0.575. The zero-order valence-electron chi connectivity index (χ0n) is 8.86. The van der Waals surface area contributed by atoms with Gasteiger partial charge in [-0.05, 0) is 24.6 Å². The monoisotopic (exact) mass is 213 g/mol. The molecule has 2 N–H and O–H groups in total. The van der Waals surface area contributed by atoms with E-state index >= 15 is 0 Å². The average molecular weight is 213 g/mol. The van der Waals surface area contributed by atoms with E-state index in [1.54, 1.807) is 12.4 Å². The van der Waals surface area contributed by atoms with Crippen LogP contribution in [-0.2, 0) is 6.54 Å². The van der Waals surface area contributed by atoms with Crippen LogP contribution in [0.2, 0.25) is 0 Å². The van der Waals surface area contributed by atoms with Crippen molar-refractivity contribution < 1.29 is 0 Å². The van der Waals surface area contributed by atoms with E-state index in [2.05, 4.69) is 26.6 Å². The second kappa shape index (κ2) is 4.45. The van der Waals surface area contributed by atoms with Gasteiger partial charge in [0, 0.05) is 12.4 Å². The van der Waals surface area contributed by atoms with Gasteiger partial charge in [-0.1, -0.05) is 0 Å². The molecule has 0 aliphatic rings. The summed E-state index contributed by atoms with van der Waals surface area (Å²) >= 11 is 0. The van der Waals surface area contributed by atoms with Crippen LogP contribution < -0.4 is 5.32 Å². The lowest BCUT2D eigenvalue weighted by Crippen LogP contribution is -2.04. The molecule has 80 valence electrons. The Morgan fingerprint density at radius 1 is 1.44 bits per heavy atom. The predicted molar refractivity (Wildman–Crippen MR) is 59.6 cm³/mol. The summed E-state index contributed by atoms with van der Waals surface area (Å²) in [4.78, 5) is 4.14. The highest BCUT2D eigenvalue weighted by atomic mass is 15.1. The van der Waals surface area contributed by atoms with E-state index in [4.69, 9.17) is 5.26 Å². The molecular formula is C11H11N5. The number of nitrogens with zero attached hydrogens (tertiary/aromatic N) is 3. The van der Waals surface area contributed by atoms with Crippen LogP contribution in [0, 0.1) is 18.3 Å². The van der Waals surface area contributed by atoms with Crippen LogP contribution >= 0.6 is 0 Å². The zero-order chi connectivity index (χ0) is 11.4. The van der Waals surface area contributed by atoms with Gasteiger partial charge in [-0.3, -0.25) is 5.10 Å². The molecule has 0 bridgehead atoms. The van der Waals surface area contributed by atoms with Crippen LogP contribution in [0.5, 0.6) is 0 Å². The topological polar surface area (TPSA) is 77.4 Å². The van der Waals surface area contributed by atoms with E-state index in [1.807, 2.05) is 19.1 Å². The van der Waals surface area contributed by atoms with Crippen LogP contribution in [0.15, 0.2) is 24.5 Å². The molecule has 2 aromatic rings. The maximum absolute atomic E-state index is 9.01. The van der Waals surface area contributed by atoms with Crippen molar-refractivity contribution in [1.29, 1.82) is 5.26 Å². The van der Waals surface area contributed by atoms with Gasteiger partial charge >= 0.3 is 0 Å². The van der Waals surface area contributed by atoms with Gasteiger partial charge in [0.1, 0.15) is 11.9 Å². The van der Waals surface area contributed by atoms with Crippen LogP contribution in [0.1, 0.15) is 16.8 Å². The van der Waals surface area contributed by atoms with E-state index in [-0.39, 0.29) is 0 Å². The highest BCUT2D eigenvalue weighted by Gasteiger charge is 2.05. The number of rotatable bonds is 3. The smallest absolute Gasteiger partial charge is 0.144 e. The molecule has 0 saturated carbocycles. The summed E-state index contributed by atoms with van der Waals surface area (Å²) in [6.45, 7) is 2.47. The van der Waals surface area contributed by atoms with Crippen molar-refractivity contribution in [1.82, 2.24) is 15.2 Å². The molecule has 0 fully saturated rings. The van der Waals surface area contributed by atoms with E-state index < -0.39 is 0 Å². The molecule has 2 heterocycles. The highest BCUT2D eigenvalue weighted by Crippen LogP contribution is 2.15. The molecule has 2 rings (SSSR count). The third-order valence-corrected chi connectivity index (χ3v) is 2.28. The lowest BCUT2D eigenvalue weighted by Gasteiger charge is -2.07. The standard InChI is InChI=1S/C11H11N5/c1-8-2-4-13-11(10(8)6-12)14-7-9-3-5-15-16-9/h2-5H,7H2,1H3,(H,13,14)(H,15,16). The van der Waals surface area contributed by atoms with Gasteiger partial charge in [-0.25, -0.2) is 4.98 Å². The fourth-order valence-corrected chi connectivity index (χ4v) is 1.40. The number of anilines is 1. The normalized spacial score (nSPS) is 9.75. The van der Waals surface area contributed by atoms with Gasteiger partial charge in [0.05, 0.1) is 17.8 Å². The van der Waals surface area contributed by atoms with Crippen molar-refractivity contribution in [2.75, 3.05) is 5.32 Å². The number of pyridine rings is 1. The van der Waals surface area contributed by atoms with Gasteiger partial charge in [0.25, 0.3) is 0 Å². The third-order valence-electron chi connectivity index (χ3n) is 2.28. The van der Waals surface area contributed by atoms with E-state index in [1.165, 1.54) is 0 Å². The number of H-pyrrole nitrogens is 1. The first-order valence-electron chi connectivity index (χ1n) is 4.89. The SMILES string of the molecule is Cc1ccnc(NCc2ccn[nH]2)c1C#N. The molecule has 5 nitrogen and oxygen atoms in total. The first-order valence-corrected chi connectivity index (χ1v) is 4.89. The summed E-state index contributed by atoms with van der Waals surface area (Å²) in [7, 11) is 0. The molecule has 0 radical (unpaired) electrons. The van der Waals surface area contributed by atoms with Crippen molar-refractivity contribution >= 4 is 5.82 Å². The number of aromatic nitrogens is 3. The Labute approximate surface area is 93.1 Å². The summed E-state index contributed by atoms with van der Waals surface area (Å²) in [6, 6.07) is 5.83. The van der Waals surface area contributed by atoms with Crippen molar-refractivity contribution in [2.45, 2.75) is 13.5 Å². The van der Waals surface area contributed by atoms with E-state index in [9.17, 15) is 0 Å². The number of aromatic amines is 1. The zero-order valence-corrected chi connectivity index (χ0v) is 8.86. The van der Waals surface area contributed by atoms with Crippen LogP contribution in [0.25, 0.3) is 0 Å². The average Bonchev–Trinajstić information content (AvgIpc) is 2.79. The lowest BCUT2D eigenvalue weighted by molar-refractivity contribution is 0.972. The fraction of sp³-hybridized carbons (Fsp3) is 0.182. The quantitative estimate of drug-likeness (QED) is 0.811. The van der Waals surface area contributed by atoms with Crippen molar-refractivity contribution in [2.24, 2.45) is 0 Å². The highest BCUT2D eigenvalue weighted by molar-refractivity contribution is 5.55. The van der Waals surface area contributed by atoms with Crippen molar-refractivity contribution in [3.05, 3.63) is 41.3 Å². The Hall–Kier alpha value is -2.35. The molecule has 0 saturated heterocycles. The second-order valence-electron chi connectivity index (χ2n) is 3.40. The molecule has 5 heteroatoms. The van der Waals surface area contributed by atoms with Crippen molar-refractivity contribution in [3.8, 4) is 6.07 Å². The Balaban J connectivity index is 2.16. The van der Waals surface area contributed by atoms with E-state index in [0.717, 1.165) is 11.3 Å². The summed E-state index contributed by atoms with van der Waals surface area (Å²) in [5.74, 6) is 0.608. The molecule has 2 aromatic heterocycles. The minimum atomic E-state index is 0.575. The first-order chi connectivity index (χ1) is 7.81. The Morgan fingerprint density at radius 3 is 3.00 bits per heavy atom. The first kappa shape index (κ1) is 10.2. The predicted octanol–water partition coefficient (Wildman–Crippen LogP) is 1.60. The summed E-state index contributed by atoms with van der Waals surface area (Å²) in [5, 5.41) is 18.8. The van der Waals surface area contributed by atoms with Crippen LogP contribution in [0.3, 0.4) is 0 Å². The molecule has 16 heavy (non-hydrogen) atoms. The minimum Gasteiger partial charge on any atom is -0.363 e. The largest absolute Gasteiger partial charge is 0.363 e. The maximum atomic E-state index is 9.01. The van der Waals surface area contributed by atoms with Gasteiger partial charge < -0.3 is 5.32 Å². The fourth-order valence-electron chi connectivity index (χ4n) is 1.40. The summed E-state index contributed by atoms with van der Waals surface area (Å²) in [5.41, 5.74) is 2.46. The summed E-state index contributed by atoms with van der Waals surface area (Å²) in [6.07, 6.45) is 3.37. The maximum Gasteiger partial charge on any atom is 0.144 e. The number of hydrogen-bond acceptors (Lipinski definition) is 4. The molecule has 0 atom stereocenters. The van der Waals surface area contributed by atoms with Gasteiger partial charge in [-0.2, -0.15) is 10.4 Å². The lowest BCUT2D eigenvalue weighted by atomic mass is 10.1. The number of aryl methyl sites for hydroxylation is 1. The Morgan fingerprint density at radius 2 is 2.31 bits per heavy atom. The third kappa shape index (κ3) is 2.01. The summed E-state index contributed by atoms with van der Waals surface area (Å²) < 4.78 is 0. The molecule has 0 unspecified atom stereocenters. The van der Waals surface area contributed by atoms with E-state index in [0.29, 0.717) is 17.9 Å². The van der Waals surface area contributed by atoms with Crippen LogP contribution in [0.4, 0.5) is 5.82 Å². The molecular weight excluding hydrogens is 202 g/mol. The van der Waals surface area contributed by atoms with Gasteiger partial charge in [0.15, 0.2) is 0 Å². The van der Waals surface area contributed by atoms with Crippen LogP contribution in [-0.4, -0.2) is 15.2 Å². The molecule has 0 aliphatic carbocycles. The number of hydrogen-bond donors (Lipinski definition) is 2. The molecule has 0 amide bonds. The molecule has 0 aliphatic heterocycles. The second-order valence-corrected chi connectivity index (χ2v) is 3.40. The Kier molecular flexibility index (Phi) is 2.83. The Bertz CT molecular complexity index is 510. The molecule has 0 spiro atoms.